The third-order valence-corrected chi connectivity index (χ3v) is 3.61. The molecule has 1 fully saturated rings. The van der Waals surface area contributed by atoms with Crippen LogP contribution in [0.5, 0.6) is 5.75 Å². The van der Waals surface area contributed by atoms with Crippen LogP contribution < -0.4 is 10.5 Å². The van der Waals surface area contributed by atoms with Crippen LogP contribution in [0.25, 0.3) is 0 Å². The number of hydrogen-bond donors (Lipinski definition) is 1. The minimum atomic E-state index is -0.313. The van der Waals surface area contributed by atoms with Crippen LogP contribution >= 0.6 is 0 Å². The first-order valence-corrected chi connectivity index (χ1v) is 6.46. The fourth-order valence-electron chi connectivity index (χ4n) is 2.50. The molecule has 0 radical (unpaired) electrons. The highest BCUT2D eigenvalue weighted by molar-refractivity contribution is 5.52. The van der Waals surface area contributed by atoms with E-state index in [0.717, 1.165) is 19.5 Å². The number of nitrogen functional groups attached to an aromatic ring is 1. The number of halogens is 1. The van der Waals surface area contributed by atoms with Gasteiger partial charge in [-0.25, -0.2) is 4.39 Å². The molecule has 2 atom stereocenters. The predicted octanol–water partition coefficient (Wildman–Crippen LogP) is 2.52. The lowest BCUT2D eigenvalue weighted by Gasteiger charge is -2.33. The van der Waals surface area contributed by atoms with Gasteiger partial charge in [-0.3, -0.25) is 0 Å². The van der Waals surface area contributed by atoms with Gasteiger partial charge in [-0.2, -0.15) is 0 Å². The van der Waals surface area contributed by atoms with E-state index in [4.69, 9.17) is 10.5 Å². The van der Waals surface area contributed by atoms with Crippen molar-refractivity contribution in [2.45, 2.75) is 25.9 Å². The summed E-state index contributed by atoms with van der Waals surface area (Å²) in [5, 5.41) is 0. The highest BCUT2D eigenvalue weighted by atomic mass is 19.1. The van der Waals surface area contributed by atoms with Crippen LogP contribution in [0.2, 0.25) is 0 Å². The molecule has 18 heavy (non-hydrogen) atoms. The molecule has 0 aromatic heterocycles. The molecule has 2 N–H and O–H groups in total. The van der Waals surface area contributed by atoms with Crippen LogP contribution in [-0.2, 0) is 0 Å². The first-order valence-electron chi connectivity index (χ1n) is 6.46. The zero-order valence-corrected chi connectivity index (χ0v) is 11.0. The quantitative estimate of drug-likeness (QED) is 0.840. The van der Waals surface area contributed by atoms with Gasteiger partial charge in [0.2, 0.25) is 0 Å². The molecule has 0 saturated carbocycles. The Morgan fingerprint density at radius 2 is 2.28 bits per heavy atom. The minimum absolute atomic E-state index is 0.0526. The predicted molar refractivity (Wildman–Crippen MR) is 71.1 cm³/mol. The Morgan fingerprint density at radius 1 is 1.50 bits per heavy atom. The van der Waals surface area contributed by atoms with Gasteiger partial charge in [0.15, 0.2) is 0 Å². The molecule has 1 aromatic rings. The van der Waals surface area contributed by atoms with Crippen LogP contribution in [0.1, 0.15) is 19.8 Å². The van der Waals surface area contributed by atoms with Gasteiger partial charge in [0.1, 0.15) is 17.7 Å². The second-order valence-electron chi connectivity index (χ2n) is 5.17. The van der Waals surface area contributed by atoms with Crippen LogP contribution in [-0.4, -0.2) is 31.1 Å². The molecule has 1 aliphatic rings. The Kier molecular flexibility index (Phi) is 4.07. The lowest BCUT2D eigenvalue weighted by Crippen LogP contribution is -2.39. The van der Waals surface area contributed by atoms with Crippen LogP contribution in [0.15, 0.2) is 18.2 Å². The third-order valence-electron chi connectivity index (χ3n) is 3.61. The molecule has 4 heteroatoms. The summed E-state index contributed by atoms with van der Waals surface area (Å²) < 4.78 is 19.0. The van der Waals surface area contributed by atoms with Crippen molar-refractivity contribution in [3.05, 3.63) is 24.0 Å². The lowest BCUT2D eigenvalue weighted by atomic mass is 9.93. The molecule has 1 saturated heterocycles. The smallest absolute Gasteiger partial charge is 0.145 e. The normalized spacial score (nSPS) is 22.7. The van der Waals surface area contributed by atoms with Crippen molar-refractivity contribution in [3.63, 3.8) is 0 Å². The second-order valence-corrected chi connectivity index (χ2v) is 5.17. The number of likely N-dealkylation sites (tertiary alicyclic amines) is 1. The van der Waals surface area contributed by atoms with E-state index in [0.29, 0.717) is 17.4 Å². The molecule has 2 rings (SSSR count). The van der Waals surface area contributed by atoms with Crippen LogP contribution in [0.4, 0.5) is 10.1 Å². The Balaban J connectivity index is 2.01. The van der Waals surface area contributed by atoms with Gasteiger partial charge in [-0.15, -0.1) is 0 Å². The first-order chi connectivity index (χ1) is 8.56. The van der Waals surface area contributed by atoms with Gasteiger partial charge in [0, 0.05) is 18.5 Å². The Hall–Kier alpha value is -1.29. The molecule has 0 bridgehead atoms. The zero-order valence-electron chi connectivity index (χ0n) is 11.0. The zero-order chi connectivity index (χ0) is 13.1. The van der Waals surface area contributed by atoms with Crippen LogP contribution in [0, 0.1) is 11.7 Å². The van der Waals surface area contributed by atoms with E-state index in [9.17, 15) is 4.39 Å². The average molecular weight is 252 g/mol. The maximum absolute atomic E-state index is 13.2. The molecule has 1 aromatic carbocycles. The molecule has 1 heterocycles. The molecule has 3 nitrogen and oxygen atoms in total. The standard InChI is InChI=1S/C14H21FN2O/c1-10(11-4-3-7-17(2)9-11)18-14-8-12(15)5-6-13(14)16/h5-6,8,10-11H,3-4,7,9,16H2,1-2H3. The number of piperidine rings is 1. The van der Waals surface area contributed by atoms with E-state index >= 15 is 0 Å². The highest BCUT2D eigenvalue weighted by Gasteiger charge is 2.24. The van der Waals surface area contributed by atoms with Gasteiger partial charge >= 0.3 is 0 Å². The van der Waals surface area contributed by atoms with Crippen molar-refractivity contribution in [3.8, 4) is 5.75 Å². The second kappa shape index (κ2) is 5.57. The number of benzene rings is 1. The van der Waals surface area contributed by atoms with Crippen molar-refractivity contribution in [2.75, 3.05) is 25.9 Å². The highest BCUT2D eigenvalue weighted by Crippen LogP contribution is 2.27. The van der Waals surface area contributed by atoms with Crippen molar-refractivity contribution in [1.29, 1.82) is 0 Å². The Labute approximate surface area is 108 Å². The van der Waals surface area contributed by atoms with Crippen molar-refractivity contribution in [2.24, 2.45) is 5.92 Å². The Morgan fingerprint density at radius 3 is 3.00 bits per heavy atom. The summed E-state index contributed by atoms with van der Waals surface area (Å²) in [7, 11) is 2.12. The summed E-state index contributed by atoms with van der Waals surface area (Å²) in [5.41, 5.74) is 6.29. The summed E-state index contributed by atoms with van der Waals surface area (Å²) in [5.74, 6) is 0.620. The molecule has 0 amide bonds. The van der Waals surface area contributed by atoms with Gasteiger partial charge in [-0.05, 0) is 45.5 Å². The molecular formula is C14H21FN2O. The van der Waals surface area contributed by atoms with E-state index in [2.05, 4.69) is 11.9 Å². The third kappa shape index (κ3) is 3.13. The fraction of sp³-hybridized carbons (Fsp3) is 0.571. The molecule has 2 unspecified atom stereocenters. The number of ether oxygens (including phenoxy) is 1. The number of nitrogens with zero attached hydrogens (tertiary/aromatic N) is 1. The van der Waals surface area contributed by atoms with Gasteiger partial charge < -0.3 is 15.4 Å². The molecule has 0 aliphatic carbocycles. The van der Waals surface area contributed by atoms with Gasteiger partial charge in [-0.1, -0.05) is 0 Å². The lowest BCUT2D eigenvalue weighted by molar-refractivity contribution is 0.0904. The minimum Gasteiger partial charge on any atom is -0.488 e. The molecule has 1 aliphatic heterocycles. The number of nitrogens with two attached hydrogens (primary N) is 1. The number of rotatable bonds is 3. The van der Waals surface area contributed by atoms with Crippen molar-refractivity contribution < 1.29 is 9.13 Å². The van der Waals surface area contributed by atoms with E-state index in [1.165, 1.54) is 18.6 Å². The number of anilines is 1. The van der Waals surface area contributed by atoms with E-state index in [-0.39, 0.29) is 11.9 Å². The van der Waals surface area contributed by atoms with Crippen molar-refractivity contribution >= 4 is 5.69 Å². The van der Waals surface area contributed by atoms with Gasteiger partial charge in [0.25, 0.3) is 0 Å². The Bertz CT molecular complexity index is 411. The maximum Gasteiger partial charge on any atom is 0.145 e. The summed E-state index contributed by atoms with van der Waals surface area (Å²) in [4.78, 5) is 2.31. The first kappa shape index (κ1) is 13.1. The SMILES string of the molecule is CC(Oc1cc(F)ccc1N)C1CCCN(C)C1. The van der Waals surface area contributed by atoms with Crippen LogP contribution in [0.3, 0.4) is 0 Å². The van der Waals surface area contributed by atoms with E-state index < -0.39 is 0 Å². The van der Waals surface area contributed by atoms with E-state index in [1.807, 2.05) is 6.92 Å². The largest absolute Gasteiger partial charge is 0.488 e. The van der Waals surface area contributed by atoms with E-state index in [1.54, 1.807) is 6.07 Å². The topological polar surface area (TPSA) is 38.5 Å². The molecule has 0 spiro atoms. The molecular weight excluding hydrogens is 231 g/mol. The summed E-state index contributed by atoms with van der Waals surface area (Å²) in [6.07, 6.45) is 2.39. The molecule has 100 valence electrons. The summed E-state index contributed by atoms with van der Waals surface area (Å²) in [6.45, 7) is 4.20. The summed E-state index contributed by atoms with van der Waals surface area (Å²) >= 11 is 0. The summed E-state index contributed by atoms with van der Waals surface area (Å²) in [6, 6.07) is 4.25. The number of hydrogen-bond acceptors (Lipinski definition) is 3. The van der Waals surface area contributed by atoms with Crippen molar-refractivity contribution in [1.82, 2.24) is 4.90 Å². The monoisotopic (exact) mass is 252 g/mol. The fourth-order valence-corrected chi connectivity index (χ4v) is 2.50. The maximum atomic E-state index is 13.2. The van der Waals surface area contributed by atoms with Gasteiger partial charge in [0.05, 0.1) is 5.69 Å². The average Bonchev–Trinajstić information content (AvgIpc) is 2.34.